The molecule has 0 spiro atoms. The topological polar surface area (TPSA) is 174 Å². The van der Waals surface area contributed by atoms with Crippen LogP contribution < -0.4 is 27.4 Å². The van der Waals surface area contributed by atoms with Gasteiger partial charge in [0.2, 0.25) is 0 Å². The van der Waals surface area contributed by atoms with Crippen molar-refractivity contribution in [2.24, 2.45) is 0 Å². The molecule has 0 saturated heterocycles. The SMILES string of the molecule is CCCNC(=O)c1nc(N)c(C(=O)NCCNC(=O)OC(C)(C)C)nc1N. The smallest absolute Gasteiger partial charge is 0.407 e. The molecular formula is C16H27N7O4. The number of aromatic nitrogens is 2. The molecule has 0 bridgehead atoms. The van der Waals surface area contributed by atoms with Crippen LogP contribution in [0.3, 0.4) is 0 Å². The summed E-state index contributed by atoms with van der Waals surface area (Å²) in [6.07, 6.45) is 0.148. The highest BCUT2D eigenvalue weighted by Crippen LogP contribution is 2.13. The summed E-state index contributed by atoms with van der Waals surface area (Å²) in [7, 11) is 0. The lowest BCUT2D eigenvalue weighted by molar-refractivity contribution is 0.0526. The van der Waals surface area contributed by atoms with Crippen molar-refractivity contribution in [3.8, 4) is 0 Å². The van der Waals surface area contributed by atoms with Crippen LogP contribution in [0.1, 0.15) is 55.1 Å². The van der Waals surface area contributed by atoms with Crippen molar-refractivity contribution in [2.75, 3.05) is 31.1 Å². The van der Waals surface area contributed by atoms with Gasteiger partial charge in [-0.25, -0.2) is 14.8 Å². The summed E-state index contributed by atoms with van der Waals surface area (Å²) in [5, 5.41) is 7.62. The maximum absolute atomic E-state index is 12.2. The molecule has 0 aliphatic rings. The number of nitrogens with zero attached hydrogens (tertiary/aromatic N) is 2. The Hall–Kier alpha value is -3.11. The monoisotopic (exact) mass is 381 g/mol. The molecule has 0 aliphatic carbocycles. The Balaban J connectivity index is 2.62. The zero-order valence-electron chi connectivity index (χ0n) is 16.0. The van der Waals surface area contributed by atoms with E-state index in [4.69, 9.17) is 16.2 Å². The molecule has 11 heteroatoms. The molecule has 11 nitrogen and oxygen atoms in total. The minimum atomic E-state index is -0.627. The highest BCUT2D eigenvalue weighted by Gasteiger charge is 2.20. The van der Waals surface area contributed by atoms with Crippen LogP contribution in [0.25, 0.3) is 0 Å². The van der Waals surface area contributed by atoms with Gasteiger partial charge in [-0.3, -0.25) is 9.59 Å². The molecule has 7 N–H and O–H groups in total. The van der Waals surface area contributed by atoms with Gasteiger partial charge >= 0.3 is 6.09 Å². The van der Waals surface area contributed by atoms with Crippen LogP contribution in [0.4, 0.5) is 16.4 Å². The molecule has 0 fully saturated rings. The highest BCUT2D eigenvalue weighted by molar-refractivity contribution is 6.00. The van der Waals surface area contributed by atoms with Gasteiger partial charge in [0.1, 0.15) is 5.60 Å². The number of nitrogens with one attached hydrogen (secondary N) is 3. The van der Waals surface area contributed by atoms with E-state index in [1.165, 1.54) is 0 Å². The first-order valence-corrected chi connectivity index (χ1v) is 8.51. The molecule has 3 amide bonds. The van der Waals surface area contributed by atoms with Gasteiger partial charge in [0, 0.05) is 19.6 Å². The van der Waals surface area contributed by atoms with Gasteiger partial charge in [-0.2, -0.15) is 0 Å². The van der Waals surface area contributed by atoms with E-state index in [9.17, 15) is 14.4 Å². The van der Waals surface area contributed by atoms with Crippen molar-refractivity contribution in [1.82, 2.24) is 25.9 Å². The first kappa shape index (κ1) is 21.9. The molecule has 1 rings (SSSR count). The van der Waals surface area contributed by atoms with E-state index in [0.29, 0.717) is 6.54 Å². The molecule has 27 heavy (non-hydrogen) atoms. The summed E-state index contributed by atoms with van der Waals surface area (Å²) in [6, 6.07) is 0. The van der Waals surface area contributed by atoms with Gasteiger partial charge in [0.05, 0.1) is 0 Å². The average Bonchev–Trinajstić information content (AvgIpc) is 2.56. The fourth-order valence-corrected chi connectivity index (χ4v) is 1.86. The van der Waals surface area contributed by atoms with E-state index in [-0.39, 0.29) is 36.1 Å². The molecule has 0 aliphatic heterocycles. The van der Waals surface area contributed by atoms with Crippen LogP contribution in [0, 0.1) is 0 Å². The number of amides is 3. The molecule has 0 unspecified atom stereocenters. The number of hydrogen-bond donors (Lipinski definition) is 5. The molecule has 0 radical (unpaired) electrons. The Bertz CT molecular complexity index is 701. The number of ether oxygens (including phenoxy) is 1. The Labute approximate surface area is 157 Å². The first-order valence-electron chi connectivity index (χ1n) is 8.51. The maximum atomic E-state index is 12.2. The van der Waals surface area contributed by atoms with Crippen LogP contribution in [-0.4, -0.2) is 53.1 Å². The van der Waals surface area contributed by atoms with Crippen LogP contribution in [-0.2, 0) is 4.74 Å². The molecule has 0 atom stereocenters. The van der Waals surface area contributed by atoms with Crippen LogP contribution in [0.15, 0.2) is 0 Å². The quantitative estimate of drug-likeness (QED) is 0.411. The third kappa shape index (κ3) is 7.34. The zero-order chi connectivity index (χ0) is 20.6. The van der Waals surface area contributed by atoms with Gasteiger partial charge in [0.25, 0.3) is 11.8 Å². The predicted octanol–water partition coefficient (Wildman–Crippen LogP) is 0.0353. The fourth-order valence-electron chi connectivity index (χ4n) is 1.86. The van der Waals surface area contributed by atoms with E-state index in [1.54, 1.807) is 20.8 Å². The van der Waals surface area contributed by atoms with E-state index in [0.717, 1.165) is 6.42 Å². The van der Waals surface area contributed by atoms with Gasteiger partial charge in [-0.15, -0.1) is 0 Å². The lowest BCUT2D eigenvalue weighted by Crippen LogP contribution is -2.38. The molecule has 0 aromatic carbocycles. The lowest BCUT2D eigenvalue weighted by atomic mass is 10.2. The zero-order valence-corrected chi connectivity index (χ0v) is 16.0. The van der Waals surface area contributed by atoms with Crippen molar-refractivity contribution >= 4 is 29.5 Å². The van der Waals surface area contributed by atoms with Crippen molar-refractivity contribution in [3.05, 3.63) is 11.4 Å². The normalized spacial score (nSPS) is 10.8. The van der Waals surface area contributed by atoms with Gasteiger partial charge in [-0.1, -0.05) is 6.92 Å². The standard InChI is InChI=1S/C16H27N7O4/c1-5-6-19-13(24)9-11(17)23-10(12(18)22-9)14(25)20-7-8-21-15(26)27-16(2,3)4/h5-8H2,1-4H3,(H2,17,23)(H2,18,22)(H,19,24)(H,20,25)(H,21,26). The first-order chi connectivity index (χ1) is 12.5. The fraction of sp³-hybridized carbons (Fsp3) is 0.562. The minimum Gasteiger partial charge on any atom is -0.444 e. The third-order valence-corrected chi connectivity index (χ3v) is 2.99. The van der Waals surface area contributed by atoms with Crippen molar-refractivity contribution in [1.29, 1.82) is 0 Å². The Morgan fingerprint density at radius 2 is 1.33 bits per heavy atom. The molecule has 1 aromatic rings. The highest BCUT2D eigenvalue weighted by atomic mass is 16.6. The Morgan fingerprint density at radius 1 is 0.889 bits per heavy atom. The molecule has 1 heterocycles. The number of nitrogens with two attached hydrogens (primary N) is 2. The predicted molar refractivity (Wildman–Crippen MR) is 100 cm³/mol. The summed E-state index contributed by atoms with van der Waals surface area (Å²) in [6.45, 7) is 7.82. The van der Waals surface area contributed by atoms with Crippen molar-refractivity contribution in [2.45, 2.75) is 39.7 Å². The van der Waals surface area contributed by atoms with Gasteiger partial charge in [0.15, 0.2) is 23.0 Å². The van der Waals surface area contributed by atoms with Crippen LogP contribution in [0.5, 0.6) is 0 Å². The summed E-state index contributed by atoms with van der Waals surface area (Å²) >= 11 is 0. The third-order valence-electron chi connectivity index (χ3n) is 2.99. The summed E-state index contributed by atoms with van der Waals surface area (Å²) < 4.78 is 5.07. The van der Waals surface area contributed by atoms with E-state index >= 15 is 0 Å². The Morgan fingerprint density at radius 3 is 1.78 bits per heavy atom. The van der Waals surface area contributed by atoms with Crippen molar-refractivity contribution < 1.29 is 19.1 Å². The van der Waals surface area contributed by atoms with Gasteiger partial charge < -0.3 is 32.2 Å². The minimum absolute atomic E-state index is 0.109. The number of carbonyl (C=O) groups is 3. The van der Waals surface area contributed by atoms with Crippen molar-refractivity contribution in [3.63, 3.8) is 0 Å². The number of alkyl carbamates (subject to hydrolysis) is 1. The number of nitrogen functional groups attached to an aromatic ring is 2. The molecule has 150 valence electrons. The van der Waals surface area contributed by atoms with Crippen LogP contribution in [0.2, 0.25) is 0 Å². The summed E-state index contributed by atoms with van der Waals surface area (Å²) in [4.78, 5) is 43.3. The molecule has 0 saturated carbocycles. The Kier molecular flexibility index (Phi) is 7.76. The van der Waals surface area contributed by atoms with Crippen LogP contribution >= 0.6 is 0 Å². The second-order valence-electron chi connectivity index (χ2n) is 6.63. The summed E-state index contributed by atoms with van der Waals surface area (Å²) in [5.41, 5.74) is 10.5. The van der Waals surface area contributed by atoms with E-state index in [1.807, 2.05) is 6.92 Å². The largest absolute Gasteiger partial charge is 0.444 e. The van der Waals surface area contributed by atoms with E-state index < -0.39 is 23.5 Å². The number of anilines is 2. The number of carbonyl (C=O) groups excluding carboxylic acids is 3. The second-order valence-corrected chi connectivity index (χ2v) is 6.63. The number of rotatable bonds is 7. The van der Waals surface area contributed by atoms with E-state index in [2.05, 4.69) is 25.9 Å². The molecular weight excluding hydrogens is 354 g/mol. The average molecular weight is 381 g/mol. The molecule has 1 aromatic heterocycles. The number of hydrogen-bond acceptors (Lipinski definition) is 8. The van der Waals surface area contributed by atoms with Gasteiger partial charge in [-0.05, 0) is 27.2 Å². The summed E-state index contributed by atoms with van der Waals surface area (Å²) in [5.74, 6) is -1.56. The lowest BCUT2D eigenvalue weighted by Gasteiger charge is -2.19. The maximum Gasteiger partial charge on any atom is 0.407 e. The second kappa shape index (κ2) is 9.55.